The SMILES string of the molecule is CN(C)c1ccc(Cl)cc1NCC1CCCCN1. The molecule has 0 spiro atoms. The highest BCUT2D eigenvalue weighted by molar-refractivity contribution is 6.31. The van der Waals surface area contributed by atoms with Crippen molar-refractivity contribution < 1.29 is 0 Å². The first-order chi connectivity index (χ1) is 8.66. The average molecular weight is 268 g/mol. The minimum Gasteiger partial charge on any atom is -0.382 e. The molecule has 0 bridgehead atoms. The summed E-state index contributed by atoms with van der Waals surface area (Å²) in [4.78, 5) is 2.10. The predicted molar refractivity (Wildman–Crippen MR) is 79.9 cm³/mol. The molecule has 4 heteroatoms. The lowest BCUT2D eigenvalue weighted by molar-refractivity contribution is 0.414. The third-order valence-electron chi connectivity index (χ3n) is 3.39. The molecule has 3 nitrogen and oxygen atoms in total. The highest BCUT2D eigenvalue weighted by Crippen LogP contribution is 2.27. The van der Waals surface area contributed by atoms with E-state index in [0.717, 1.165) is 23.8 Å². The van der Waals surface area contributed by atoms with E-state index in [0.29, 0.717) is 6.04 Å². The van der Waals surface area contributed by atoms with Crippen molar-refractivity contribution in [3.8, 4) is 0 Å². The zero-order chi connectivity index (χ0) is 13.0. The van der Waals surface area contributed by atoms with Gasteiger partial charge in [0, 0.05) is 31.7 Å². The lowest BCUT2D eigenvalue weighted by Gasteiger charge is -2.25. The summed E-state index contributed by atoms with van der Waals surface area (Å²) < 4.78 is 0. The molecule has 1 aromatic rings. The van der Waals surface area contributed by atoms with E-state index >= 15 is 0 Å². The molecule has 18 heavy (non-hydrogen) atoms. The molecule has 1 aromatic carbocycles. The van der Waals surface area contributed by atoms with Gasteiger partial charge in [-0.3, -0.25) is 0 Å². The summed E-state index contributed by atoms with van der Waals surface area (Å²) in [7, 11) is 4.10. The van der Waals surface area contributed by atoms with Gasteiger partial charge in [0.2, 0.25) is 0 Å². The molecule has 0 radical (unpaired) electrons. The molecule has 1 aliphatic heterocycles. The van der Waals surface area contributed by atoms with Crippen LogP contribution in [0.25, 0.3) is 0 Å². The summed E-state index contributed by atoms with van der Waals surface area (Å²) >= 11 is 6.07. The number of rotatable bonds is 4. The first-order valence-corrected chi connectivity index (χ1v) is 6.99. The third-order valence-corrected chi connectivity index (χ3v) is 3.63. The van der Waals surface area contributed by atoms with Gasteiger partial charge in [-0.25, -0.2) is 0 Å². The molecule has 1 aliphatic rings. The Morgan fingerprint density at radius 1 is 1.39 bits per heavy atom. The smallest absolute Gasteiger partial charge is 0.0597 e. The van der Waals surface area contributed by atoms with Crippen LogP contribution >= 0.6 is 11.6 Å². The minimum absolute atomic E-state index is 0.577. The topological polar surface area (TPSA) is 27.3 Å². The number of anilines is 2. The fourth-order valence-corrected chi connectivity index (χ4v) is 2.54. The van der Waals surface area contributed by atoms with Crippen molar-refractivity contribution >= 4 is 23.0 Å². The molecule has 1 unspecified atom stereocenters. The van der Waals surface area contributed by atoms with E-state index in [9.17, 15) is 0 Å². The van der Waals surface area contributed by atoms with Gasteiger partial charge in [-0.2, -0.15) is 0 Å². The molecule has 2 rings (SSSR count). The Bertz CT molecular complexity index is 387. The van der Waals surface area contributed by atoms with Crippen molar-refractivity contribution in [3.05, 3.63) is 23.2 Å². The summed E-state index contributed by atoms with van der Waals surface area (Å²) in [5, 5.41) is 7.84. The van der Waals surface area contributed by atoms with E-state index in [1.165, 1.54) is 24.9 Å². The maximum atomic E-state index is 6.07. The molecule has 1 saturated heterocycles. The molecule has 1 atom stereocenters. The fourth-order valence-electron chi connectivity index (χ4n) is 2.37. The monoisotopic (exact) mass is 267 g/mol. The van der Waals surface area contributed by atoms with Gasteiger partial charge in [-0.05, 0) is 37.6 Å². The van der Waals surface area contributed by atoms with Crippen LogP contribution in [0.3, 0.4) is 0 Å². The van der Waals surface area contributed by atoms with Crippen LogP contribution in [0.4, 0.5) is 11.4 Å². The van der Waals surface area contributed by atoms with Gasteiger partial charge in [-0.1, -0.05) is 18.0 Å². The quantitative estimate of drug-likeness (QED) is 0.878. The van der Waals surface area contributed by atoms with E-state index in [1.54, 1.807) is 0 Å². The Kier molecular flexibility index (Phi) is 4.72. The van der Waals surface area contributed by atoms with Gasteiger partial charge in [-0.15, -0.1) is 0 Å². The molecule has 0 aliphatic carbocycles. The molecule has 2 N–H and O–H groups in total. The largest absolute Gasteiger partial charge is 0.382 e. The van der Waals surface area contributed by atoms with Gasteiger partial charge < -0.3 is 15.5 Å². The van der Waals surface area contributed by atoms with Gasteiger partial charge in [0.1, 0.15) is 0 Å². The zero-order valence-corrected chi connectivity index (χ0v) is 11.9. The Hall–Kier alpha value is -0.930. The van der Waals surface area contributed by atoms with Crippen molar-refractivity contribution in [1.82, 2.24) is 5.32 Å². The van der Waals surface area contributed by atoms with Crippen LogP contribution in [0.5, 0.6) is 0 Å². The second kappa shape index (κ2) is 6.30. The number of nitrogens with one attached hydrogen (secondary N) is 2. The molecule has 1 heterocycles. The molecule has 0 aromatic heterocycles. The van der Waals surface area contributed by atoms with Crippen molar-refractivity contribution in [3.63, 3.8) is 0 Å². The van der Waals surface area contributed by atoms with Crippen LogP contribution in [0.15, 0.2) is 18.2 Å². The summed E-state index contributed by atoms with van der Waals surface area (Å²) in [6.45, 7) is 2.10. The summed E-state index contributed by atoms with van der Waals surface area (Å²) in [6, 6.07) is 6.56. The van der Waals surface area contributed by atoms with E-state index in [2.05, 4.69) is 21.6 Å². The summed E-state index contributed by atoms with van der Waals surface area (Å²) in [6.07, 6.45) is 3.89. The second-order valence-corrected chi connectivity index (χ2v) is 5.52. The second-order valence-electron chi connectivity index (χ2n) is 5.08. The van der Waals surface area contributed by atoms with E-state index < -0.39 is 0 Å². The molecule has 0 saturated carbocycles. The van der Waals surface area contributed by atoms with Crippen LogP contribution in [0.2, 0.25) is 5.02 Å². The normalized spacial score (nSPS) is 19.6. The summed E-state index contributed by atoms with van der Waals surface area (Å²) in [5.41, 5.74) is 2.29. The van der Waals surface area contributed by atoms with Gasteiger partial charge in [0.05, 0.1) is 11.4 Å². The fraction of sp³-hybridized carbons (Fsp3) is 0.571. The van der Waals surface area contributed by atoms with Crippen LogP contribution in [0, 0.1) is 0 Å². The third kappa shape index (κ3) is 3.53. The number of hydrogen-bond acceptors (Lipinski definition) is 3. The number of benzene rings is 1. The highest BCUT2D eigenvalue weighted by Gasteiger charge is 2.13. The first kappa shape index (κ1) is 13.5. The molecular weight excluding hydrogens is 246 g/mol. The van der Waals surface area contributed by atoms with Gasteiger partial charge in [0.25, 0.3) is 0 Å². The lowest BCUT2D eigenvalue weighted by atomic mass is 10.1. The van der Waals surface area contributed by atoms with Crippen LogP contribution in [-0.2, 0) is 0 Å². The van der Waals surface area contributed by atoms with Crippen molar-refractivity contribution in [2.45, 2.75) is 25.3 Å². The minimum atomic E-state index is 0.577. The zero-order valence-electron chi connectivity index (χ0n) is 11.2. The van der Waals surface area contributed by atoms with Crippen LogP contribution in [-0.4, -0.2) is 33.2 Å². The Morgan fingerprint density at radius 3 is 2.89 bits per heavy atom. The molecule has 1 fully saturated rings. The van der Waals surface area contributed by atoms with Crippen molar-refractivity contribution in [2.24, 2.45) is 0 Å². The van der Waals surface area contributed by atoms with Gasteiger partial charge in [0.15, 0.2) is 0 Å². The lowest BCUT2D eigenvalue weighted by Crippen LogP contribution is -2.39. The molecular formula is C14H22ClN3. The number of halogens is 1. The molecule has 100 valence electrons. The van der Waals surface area contributed by atoms with E-state index in [1.807, 2.05) is 26.2 Å². The van der Waals surface area contributed by atoms with E-state index in [4.69, 9.17) is 11.6 Å². The first-order valence-electron chi connectivity index (χ1n) is 6.61. The Morgan fingerprint density at radius 2 is 2.22 bits per heavy atom. The van der Waals surface area contributed by atoms with Crippen molar-refractivity contribution in [1.29, 1.82) is 0 Å². The molecule has 0 amide bonds. The standard InChI is InChI=1S/C14H22ClN3/c1-18(2)14-7-6-11(15)9-13(14)17-10-12-5-3-4-8-16-12/h6-7,9,12,16-17H,3-5,8,10H2,1-2H3. The van der Waals surface area contributed by atoms with E-state index in [-0.39, 0.29) is 0 Å². The van der Waals surface area contributed by atoms with Crippen LogP contribution in [0.1, 0.15) is 19.3 Å². The maximum absolute atomic E-state index is 6.07. The van der Waals surface area contributed by atoms with Crippen LogP contribution < -0.4 is 15.5 Å². The Balaban J connectivity index is 2.00. The maximum Gasteiger partial charge on any atom is 0.0597 e. The predicted octanol–water partition coefficient (Wildman–Crippen LogP) is 2.96. The highest BCUT2D eigenvalue weighted by atomic mass is 35.5. The number of nitrogens with zero attached hydrogens (tertiary/aromatic N) is 1. The van der Waals surface area contributed by atoms with Gasteiger partial charge >= 0.3 is 0 Å². The number of piperidine rings is 1. The number of hydrogen-bond donors (Lipinski definition) is 2. The summed E-state index contributed by atoms with van der Waals surface area (Å²) in [5.74, 6) is 0. The average Bonchev–Trinajstić information content (AvgIpc) is 2.37. The Labute approximate surface area is 115 Å². The van der Waals surface area contributed by atoms with Crippen molar-refractivity contribution in [2.75, 3.05) is 37.4 Å².